The minimum atomic E-state index is -4.36. The normalized spacial score (nSPS) is 18.5. The fourth-order valence-electron chi connectivity index (χ4n) is 6.29. The van der Waals surface area contributed by atoms with Gasteiger partial charge in [0.1, 0.15) is 5.60 Å². The number of carbonyl (C=O) groups excluding carboxylic acids is 1. The zero-order valence-corrected chi connectivity index (χ0v) is 29.4. The van der Waals surface area contributed by atoms with Crippen LogP contribution < -0.4 is 11.0 Å². The van der Waals surface area contributed by atoms with Crippen molar-refractivity contribution in [1.29, 1.82) is 0 Å². The van der Waals surface area contributed by atoms with Crippen molar-refractivity contribution in [3.05, 3.63) is 76.3 Å². The largest absolute Gasteiger partial charge is 0.444 e. The van der Waals surface area contributed by atoms with E-state index in [9.17, 15) is 18.0 Å². The van der Waals surface area contributed by atoms with Crippen molar-refractivity contribution < 1.29 is 27.1 Å². The second-order valence-electron chi connectivity index (χ2n) is 12.7. The molecule has 6 rings (SSSR count). The maximum atomic E-state index is 15.4. The van der Waals surface area contributed by atoms with E-state index in [2.05, 4.69) is 37.9 Å². The van der Waals surface area contributed by atoms with Crippen LogP contribution in [-0.4, -0.2) is 66.7 Å². The molecule has 1 aliphatic carbocycles. The van der Waals surface area contributed by atoms with E-state index in [0.717, 1.165) is 3.97 Å². The third-order valence-corrected chi connectivity index (χ3v) is 10.7. The number of alkyl carbamates (subject to hydrolysis) is 1. The van der Waals surface area contributed by atoms with Gasteiger partial charge < -0.3 is 14.8 Å². The molecule has 5 aromatic rings. The highest BCUT2D eigenvalue weighted by Gasteiger charge is 2.40. The van der Waals surface area contributed by atoms with Gasteiger partial charge in [0.05, 0.1) is 62.0 Å². The average Bonchev–Trinajstić information content (AvgIpc) is 3.72. The molecule has 1 aliphatic rings. The number of amides is 1. The Morgan fingerprint density at radius 3 is 2.54 bits per heavy atom. The highest BCUT2D eigenvalue weighted by atomic mass is 79.9. The smallest absolute Gasteiger partial charge is 0.407 e. The Labute approximate surface area is 284 Å². The number of hydrogen-bond acceptors (Lipinski definition) is 8. The first kappa shape index (κ1) is 33.6. The SMILES string of the molecule is C=CCO[C@@H]1C[C@@H](n2c(=O)n(C)c3cnc4c(c(Br)c(-c5cn(C)nc5F)n4S(=O)(=O)c4ccccc4)c32)C[C@@H]1NC(=O)OC(C)(C)C. The van der Waals surface area contributed by atoms with Gasteiger partial charge in [0.15, 0.2) is 5.65 Å². The van der Waals surface area contributed by atoms with Gasteiger partial charge in [0.25, 0.3) is 10.0 Å². The lowest BCUT2D eigenvalue weighted by molar-refractivity contribution is 0.0323. The number of aromatic nitrogens is 6. The summed E-state index contributed by atoms with van der Waals surface area (Å²) in [4.78, 5) is 31.3. The molecule has 254 valence electrons. The van der Waals surface area contributed by atoms with Gasteiger partial charge in [-0.1, -0.05) is 24.3 Å². The molecule has 13 nitrogen and oxygen atoms in total. The lowest BCUT2D eigenvalue weighted by Crippen LogP contribution is -2.43. The summed E-state index contributed by atoms with van der Waals surface area (Å²) in [5, 5.41) is 7.01. The van der Waals surface area contributed by atoms with Gasteiger partial charge in [-0.05, 0) is 61.7 Å². The quantitative estimate of drug-likeness (QED) is 0.218. The molecule has 0 spiro atoms. The summed E-state index contributed by atoms with van der Waals surface area (Å²) in [5.74, 6) is -0.888. The summed E-state index contributed by atoms with van der Waals surface area (Å²) in [6, 6.07) is 6.73. The van der Waals surface area contributed by atoms with Crippen LogP contribution in [0.15, 0.2) is 69.5 Å². The molecular formula is C32H35BrFN7O6S. The van der Waals surface area contributed by atoms with Crippen LogP contribution in [0.1, 0.15) is 39.7 Å². The number of pyridine rings is 1. The molecule has 16 heteroatoms. The zero-order valence-electron chi connectivity index (χ0n) is 27.0. The van der Waals surface area contributed by atoms with E-state index in [1.807, 2.05) is 0 Å². The fourth-order valence-corrected chi connectivity index (χ4v) is 8.67. The Kier molecular flexibility index (Phi) is 8.62. The molecule has 48 heavy (non-hydrogen) atoms. The van der Waals surface area contributed by atoms with Crippen LogP contribution in [0.3, 0.4) is 0 Å². The fraction of sp³-hybridized carbons (Fsp3) is 0.375. The summed E-state index contributed by atoms with van der Waals surface area (Å²) >= 11 is 3.60. The Balaban J connectivity index is 1.60. The second-order valence-corrected chi connectivity index (χ2v) is 15.3. The molecule has 0 bridgehead atoms. The number of halogens is 2. The first-order chi connectivity index (χ1) is 22.6. The van der Waals surface area contributed by atoms with Crippen molar-refractivity contribution in [2.45, 2.75) is 62.3 Å². The lowest BCUT2D eigenvalue weighted by atomic mass is 10.2. The Morgan fingerprint density at radius 2 is 1.92 bits per heavy atom. The number of imidazole rings is 1. The van der Waals surface area contributed by atoms with Crippen molar-refractivity contribution in [3.8, 4) is 11.3 Å². The van der Waals surface area contributed by atoms with Gasteiger partial charge in [-0.15, -0.1) is 11.7 Å². The summed E-state index contributed by atoms with van der Waals surface area (Å²) in [5.41, 5.74) is -0.438. The summed E-state index contributed by atoms with van der Waals surface area (Å²) in [6.07, 6.45) is 3.93. The highest BCUT2D eigenvalue weighted by molar-refractivity contribution is 9.10. The van der Waals surface area contributed by atoms with Crippen LogP contribution in [-0.2, 0) is 33.6 Å². The first-order valence-electron chi connectivity index (χ1n) is 15.2. The van der Waals surface area contributed by atoms with E-state index in [4.69, 9.17) is 9.47 Å². The summed E-state index contributed by atoms with van der Waals surface area (Å²) < 4.78 is 61.0. The van der Waals surface area contributed by atoms with Crippen LogP contribution in [0.2, 0.25) is 0 Å². The van der Waals surface area contributed by atoms with Gasteiger partial charge in [0, 0.05) is 26.3 Å². The third kappa shape index (κ3) is 5.75. The monoisotopic (exact) mass is 743 g/mol. The third-order valence-electron chi connectivity index (χ3n) is 8.23. The number of nitrogens with one attached hydrogen (secondary N) is 1. The van der Waals surface area contributed by atoms with E-state index in [-0.39, 0.29) is 44.0 Å². The van der Waals surface area contributed by atoms with Crippen LogP contribution in [0, 0.1) is 5.95 Å². The second kappa shape index (κ2) is 12.3. The molecule has 3 atom stereocenters. The number of benzene rings is 1. The molecule has 4 aromatic heterocycles. The first-order valence-corrected chi connectivity index (χ1v) is 17.4. The minimum Gasteiger partial charge on any atom is -0.444 e. The number of rotatable bonds is 8. The van der Waals surface area contributed by atoms with Crippen LogP contribution in [0.5, 0.6) is 0 Å². The predicted octanol–water partition coefficient (Wildman–Crippen LogP) is 5.03. The van der Waals surface area contributed by atoms with Crippen molar-refractivity contribution >= 4 is 54.1 Å². The number of nitrogens with zero attached hydrogens (tertiary/aromatic N) is 6. The molecule has 4 heterocycles. The van der Waals surface area contributed by atoms with Gasteiger partial charge in [-0.2, -0.15) is 4.39 Å². The molecule has 0 saturated heterocycles. The molecule has 1 amide bonds. The molecule has 1 N–H and O–H groups in total. The van der Waals surface area contributed by atoms with Crippen LogP contribution in [0.4, 0.5) is 9.18 Å². The van der Waals surface area contributed by atoms with Crippen LogP contribution >= 0.6 is 15.9 Å². The van der Waals surface area contributed by atoms with E-state index in [1.165, 1.54) is 40.8 Å². The molecule has 1 aromatic carbocycles. The number of hydrogen-bond donors (Lipinski definition) is 1. The predicted molar refractivity (Wildman–Crippen MR) is 181 cm³/mol. The molecular weight excluding hydrogens is 709 g/mol. The Morgan fingerprint density at radius 1 is 1.21 bits per heavy atom. The van der Waals surface area contributed by atoms with Gasteiger partial charge in [-0.3, -0.25) is 13.8 Å². The molecule has 0 radical (unpaired) electrons. The van der Waals surface area contributed by atoms with Gasteiger partial charge in [0.2, 0.25) is 5.95 Å². The highest BCUT2D eigenvalue weighted by Crippen LogP contribution is 2.44. The topological polar surface area (TPSA) is 144 Å². The van der Waals surface area contributed by atoms with Crippen molar-refractivity contribution in [3.63, 3.8) is 0 Å². The van der Waals surface area contributed by atoms with Crippen molar-refractivity contribution in [2.24, 2.45) is 14.1 Å². The minimum absolute atomic E-state index is 0.0169. The maximum Gasteiger partial charge on any atom is 0.407 e. The number of aryl methyl sites for hydroxylation is 2. The molecule has 1 saturated carbocycles. The van der Waals surface area contributed by atoms with Crippen LogP contribution in [0.25, 0.3) is 33.3 Å². The zero-order chi connectivity index (χ0) is 34.7. The molecule has 1 fully saturated rings. The summed E-state index contributed by atoms with van der Waals surface area (Å²) in [7, 11) is -1.23. The van der Waals surface area contributed by atoms with E-state index in [0.29, 0.717) is 23.9 Å². The molecule has 0 aliphatic heterocycles. The average molecular weight is 745 g/mol. The van der Waals surface area contributed by atoms with Crippen molar-refractivity contribution in [2.75, 3.05) is 6.61 Å². The summed E-state index contributed by atoms with van der Waals surface area (Å²) in [6.45, 7) is 9.23. The number of carbonyl (C=O) groups is 1. The Bertz CT molecular complexity index is 2230. The van der Waals surface area contributed by atoms with Gasteiger partial charge >= 0.3 is 11.8 Å². The molecule has 0 unspecified atom stereocenters. The maximum absolute atomic E-state index is 15.4. The van der Waals surface area contributed by atoms with Crippen molar-refractivity contribution in [1.82, 2.24) is 33.2 Å². The lowest BCUT2D eigenvalue weighted by Gasteiger charge is -2.24. The Hall–Kier alpha value is -4.28. The van der Waals surface area contributed by atoms with E-state index < -0.39 is 45.9 Å². The number of ether oxygens (including phenoxy) is 2. The van der Waals surface area contributed by atoms with Gasteiger partial charge in [-0.25, -0.2) is 27.0 Å². The van der Waals surface area contributed by atoms with E-state index in [1.54, 1.807) is 56.7 Å². The standard InChI is InChI=1S/C32H35BrFN7O6S/c1-7-13-46-23-15-18(14-21(23)36-30(42)47-32(2,3)4)40-27-22(39(6)31(40)43)16-35-29-24(27)25(33)26(20-17-38(5)37-28(20)34)41(29)48(44,45)19-11-9-8-10-12-19/h7-12,16-18,21,23H,1,13-15H2,2-6H3,(H,36,42)/t18-,21-,23+/m0/s1. The number of fused-ring (bicyclic) bond motifs is 3. The van der Waals surface area contributed by atoms with E-state index >= 15 is 4.39 Å².